The summed E-state index contributed by atoms with van der Waals surface area (Å²) < 4.78 is 35.2. The Morgan fingerprint density at radius 1 is 0.615 bits per heavy atom. The third-order valence-electron chi connectivity index (χ3n) is 7.28. The SMILES string of the molecule is COC1CCC(C2CCC(C3CCC(C)CC3)C(F)C2F)CC1.O.O.O. The lowest BCUT2D eigenvalue weighted by atomic mass is 9.64. The van der Waals surface area contributed by atoms with Crippen LogP contribution in [-0.4, -0.2) is 42.0 Å². The topological polar surface area (TPSA) is 104 Å². The Morgan fingerprint density at radius 3 is 1.38 bits per heavy atom. The molecule has 0 heterocycles. The molecular formula is C20H40F2O4. The lowest BCUT2D eigenvalue weighted by molar-refractivity contribution is -0.0436. The molecule has 0 amide bonds. The van der Waals surface area contributed by atoms with Crippen molar-refractivity contribution in [2.75, 3.05) is 7.11 Å². The molecule has 0 aromatic rings. The number of alkyl halides is 2. The summed E-state index contributed by atoms with van der Waals surface area (Å²) in [5, 5.41) is 0. The number of hydrogen-bond acceptors (Lipinski definition) is 1. The Bertz CT molecular complexity index is 369. The zero-order valence-electron chi connectivity index (χ0n) is 16.4. The second kappa shape index (κ2) is 11.5. The van der Waals surface area contributed by atoms with Gasteiger partial charge in [0, 0.05) is 7.11 Å². The molecule has 4 atom stereocenters. The zero-order chi connectivity index (χ0) is 16.4. The predicted molar refractivity (Wildman–Crippen MR) is 101 cm³/mol. The lowest BCUT2D eigenvalue weighted by Crippen LogP contribution is -2.45. The number of halogens is 2. The lowest BCUT2D eigenvalue weighted by Gasteiger charge is -2.44. The molecule has 0 bridgehead atoms. The zero-order valence-corrected chi connectivity index (χ0v) is 16.4. The third-order valence-corrected chi connectivity index (χ3v) is 7.28. The first kappa shape index (κ1) is 25.7. The molecule has 0 spiro atoms. The summed E-state index contributed by atoms with van der Waals surface area (Å²) in [6, 6.07) is 0. The van der Waals surface area contributed by atoms with Gasteiger partial charge in [-0.2, -0.15) is 0 Å². The van der Waals surface area contributed by atoms with Crippen LogP contribution in [0.15, 0.2) is 0 Å². The second-order valence-electron chi connectivity index (χ2n) is 8.59. The largest absolute Gasteiger partial charge is 0.412 e. The van der Waals surface area contributed by atoms with Gasteiger partial charge in [-0.1, -0.05) is 19.8 Å². The molecule has 6 heteroatoms. The summed E-state index contributed by atoms with van der Waals surface area (Å²) in [6.07, 6.45) is 8.42. The summed E-state index contributed by atoms with van der Waals surface area (Å²) in [6.45, 7) is 2.29. The van der Waals surface area contributed by atoms with E-state index >= 15 is 0 Å². The van der Waals surface area contributed by atoms with Crippen molar-refractivity contribution in [3.05, 3.63) is 0 Å². The predicted octanol–water partition coefficient (Wildman–Crippen LogP) is 3.25. The van der Waals surface area contributed by atoms with Crippen molar-refractivity contribution in [2.24, 2.45) is 29.6 Å². The van der Waals surface area contributed by atoms with Crippen LogP contribution in [0, 0.1) is 29.6 Å². The van der Waals surface area contributed by atoms with Gasteiger partial charge in [-0.15, -0.1) is 0 Å². The fourth-order valence-corrected chi connectivity index (χ4v) is 5.63. The van der Waals surface area contributed by atoms with Gasteiger partial charge >= 0.3 is 0 Å². The molecule has 0 aromatic heterocycles. The van der Waals surface area contributed by atoms with Crippen LogP contribution in [0.1, 0.15) is 71.1 Å². The standard InChI is InChI=1S/C20H34F2O.3H2O/c1-13-3-5-14(6-4-13)17-11-12-18(20(22)19(17)21)15-7-9-16(23-2)10-8-15;;;/h13-20H,3-12H2,1-2H3;3*1H2. The van der Waals surface area contributed by atoms with Gasteiger partial charge in [-0.05, 0) is 81.0 Å². The van der Waals surface area contributed by atoms with Crippen molar-refractivity contribution in [1.82, 2.24) is 0 Å². The molecule has 3 rings (SSSR count). The van der Waals surface area contributed by atoms with Gasteiger partial charge in [0.05, 0.1) is 6.10 Å². The van der Waals surface area contributed by atoms with Crippen LogP contribution in [0.4, 0.5) is 8.78 Å². The monoisotopic (exact) mass is 382 g/mol. The van der Waals surface area contributed by atoms with E-state index in [-0.39, 0.29) is 28.3 Å². The average molecular weight is 383 g/mol. The molecular weight excluding hydrogens is 342 g/mol. The summed E-state index contributed by atoms with van der Waals surface area (Å²) in [4.78, 5) is 0. The summed E-state index contributed by atoms with van der Waals surface area (Å²) >= 11 is 0. The van der Waals surface area contributed by atoms with E-state index in [9.17, 15) is 8.78 Å². The van der Waals surface area contributed by atoms with E-state index in [1.807, 2.05) is 0 Å². The normalized spacial score (nSPS) is 43.4. The van der Waals surface area contributed by atoms with Crippen molar-refractivity contribution >= 4 is 0 Å². The van der Waals surface area contributed by atoms with E-state index in [0.29, 0.717) is 17.9 Å². The maximum absolute atomic E-state index is 14.9. The summed E-state index contributed by atoms with van der Waals surface area (Å²) in [7, 11) is 1.76. The van der Waals surface area contributed by atoms with E-state index in [2.05, 4.69) is 6.92 Å². The fraction of sp³-hybridized carbons (Fsp3) is 1.00. The highest BCUT2D eigenvalue weighted by atomic mass is 19.2. The molecule has 0 aromatic carbocycles. The van der Waals surface area contributed by atoms with Gasteiger partial charge in [0.25, 0.3) is 0 Å². The molecule has 3 aliphatic rings. The first-order chi connectivity index (χ1) is 11.1. The van der Waals surface area contributed by atoms with Gasteiger partial charge in [0.15, 0.2) is 0 Å². The van der Waals surface area contributed by atoms with Crippen LogP contribution in [0.3, 0.4) is 0 Å². The van der Waals surface area contributed by atoms with Crippen molar-refractivity contribution < 1.29 is 29.9 Å². The van der Waals surface area contributed by atoms with Gasteiger partial charge in [-0.3, -0.25) is 0 Å². The molecule has 0 saturated heterocycles. The van der Waals surface area contributed by atoms with Crippen molar-refractivity contribution in [3.63, 3.8) is 0 Å². The molecule has 4 nitrogen and oxygen atoms in total. The van der Waals surface area contributed by atoms with E-state index in [1.165, 1.54) is 12.8 Å². The second-order valence-corrected chi connectivity index (χ2v) is 8.59. The van der Waals surface area contributed by atoms with E-state index in [1.54, 1.807) is 7.11 Å². The number of methoxy groups -OCH3 is 1. The van der Waals surface area contributed by atoms with Crippen LogP contribution in [0.2, 0.25) is 0 Å². The minimum Gasteiger partial charge on any atom is -0.412 e. The Balaban J connectivity index is 0.00000208. The number of hydrogen-bond donors (Lipinski definition) is 0. The van der Waals surface area contributed by atoms with E-state index in [4.69, 9.17) is 4.74 Å². The molecule has 0 radical (unpaired) electrons. The molecule has 6 N–H and O–H groups in total. The van der Waals surface area contributed by atoms with Crippen LogP contribution < -0.4 is 0 Å². The fourth-order valence-electron chi connectivity index (χ4n) is 5.63. The highest BCUT2D eigenvalue weighted by Crippen LogP contribution is 2.47. The Hall–Kier alpha value is -0.300. The summed E-state index contributed by atoms with van der Waals surface area (Å²) in [5.41, 5.74) is 0. The average Bonchev–Trinajstić information content (AvgIpc) is 2.58. The van der Waals surface area contributed by atoms with E-state index in [0.717, 1.165) is 57.3 Å². The first-order valence-corrected chi connectivity index (χ1v) is 9.91. The Kier molecular flexibility index (Phi) is 11.4. The molecule has 0 aliphatic heterocycles. The number of rotatable bonds is 3. The molecule has 158 valence electrons. The maximum Gasteiger partial charge on any atom is 0.134 e. The molecule has 3 aliphatic carbocycles. The minimum atomic E-state index is -1.22. The maximum atomic E-state index is 14.9. The van der Waals surface area contributed by atoms with E-state index < -0.39 is 12.3 Å². The Labute approximate surface area is 157 Å². The minimum absolute atomic E-state index is 0. The first-order valence-electron chi connectivity index (χ1n) is 9.91. The van der Waals surface area contributed by atoms with Crippen LogP contribution in [0.25, 0.3) is 0 Å². The van der Waals surface area contributed by atoms with Crippen molar-refractivity contribution in [1.29, 1.82) is 0 Å². The van der Waals surface area contributed by atoms with Gasteiger partial charge in [0.1, 0.15) is 12.3 Å². The quantitative estimate of drug-likeness (QED) is 0.734. The van der Waals surface area contributed by atoms with Crippen molar-refractivity contribution in [3.8, 4) is 0 Å². The Morgan fingerprint density at radius 2 is 1.00 bits per heavy atom. The highest BCUT2D eigenvalue weighted by molar-refractivity contribution is 4.95. The number of ether oxygens (including phenoxy) is 1. The molecule has 3 fully saturated rings. The smallest absolute Gasteiger partial charge is 0.134 e. The van der Waals surface area contributed by atoms with Gasteiger partial charge in [-0.25, -0.2) is 8.78 Å². The van der Waals surface area contributed by atoms with Crippen LogP contribution >= 0.6 is 0 Å². The van der Waals surface area contributed by atoms with Gasteiger partial charge in [0.2, 0.25) is 0 Å². The van der Waals surface area contributed by atoms with Crippen LogP contribution in [0.5, 0.6) is 0 Å². The van der Waals surface area contributed by atoms with Crippen LogP contribution in [-0.2, 0) is 4.74 Å². The van der Waals surface area contributed by atoms with Crippen molar-refractivity contribution in [2.45, 2.75) is 89.6 Å². The summed E-state index contributed by atoms with van der Waals surface area (Å²) in [5.74, 6) is 1.54. The molecule has 26 heavy (non-hydrogen) atoms. The molecule has 3 saturated carbocycles. The third kappa shape index (κ3) is 5.60. The highest BCUT2D eigenvalue weighted by Gasteiger charge is 2.46. The molecule has 4 unspecified atom stereocenters. The van der Waals surface area contributed by atoms with Gasteiger partial charge < -0.3 is 21.2 Å².